The van der Waals surface area contributed by atoms with Gasteiger partial charge in [-0.25, -0.2) is 9.59 Å². The molecule has 0 amide bonds. The number of carbonyl (C=O) groups is 4. The summed E-state index contributed by atoms with van der Waals surface area (Å²) in [5, 5.41) is 11.6. The molecule has 1 aliphatic rings. The second-order valence-electron chi connectivity index (χ2n) is 14.3. The highest BCUT2D eigenvalue weighted by Crippen LogP contribution is 2.53. The minimum atomic E-state index is -0.763. The van der Waals surface area contributed by atoms with Gasteiger partial charge in [-0.2, -0.15) is 0 Å². The number of ketones is 2. The minimum absolute atomic E-state index is 0.0115. The van der Waals surface area contributed by atoms with Gasteiger partial charge in [0.1, 0.15) is 0 Å². The van der Waals surface area contributed by atoms with Gasteiger partial charge < -0.3 is 19.1 Å². The zero-order valence-electron chi connectivity index (χ0n) is 33.5. The summed E-state index contributed by atoms with van der Waals surface area (Å²) in [5.41, 5.74) is 4.49. The number of hydrogen-bond donors (Lipinski definition) is 0. The van der Waals surface area contributed by atoms with Crippen molar-refractivity contribution in [3.63, 3.8) is 0 Å². The van der Waals surface area contributed by atoms with Crippen LogP contribution < -0.4 is 0 Å². The van der Waals surface area contributed by atoms with Crippen molar-refractivity contribution in [1.82, 2.24) is 0 Å². The molecule has 0 unspecified atom stereocenters. The van der Waals surface area contributed by atoms with Crippen molar-refractivity contribution < 1.29 is 38.3 Å². The number of oxime groups is 2. The molecule has 6 aromatic carbocycles. The second kappa shape index (κ2) is 17.9. The first-order chi connectivity index (χ1) is 28.7. The summed E-state index contributed by atoms with van der Waals surface area (Å²) >= 11 is 0. The Morgan fingerprint density at radius 2 is 0.932 bits per heavy atom. The molecule has 0 atom stereocenters. The minimum Gasteiger partial charge on any atom is -0.382 e. The van der Waals surface area contributed by atoms with Gasteiger partial charge in [0.2, 0.25) is 11.6 Å². The van der Waals surface area contributed by atoms with Crippen molar-refractivity contribution in [3.05, 3.63) is 155 Å². The molecule has 10 heteroatoms. The Morgan fingerprint density at radius 1 is 0.525 bits per heavy atom. The zero-order chi connectivity index (χ0) is 41.5. The van der Waals surface area contributed by atoms with Crippen LogP contribution in [0.25, 0.3) is 32.7 Å². The van der Waals surface area contributed by atoms with E-state index >= 15 is 0 Å². The summed E-state index contributed by atoms with van der Waals surface area (Å²) in [6, 6.07) is 37.5. The number of rotatable bonds is 16. The van der Waals surface area contributed by atoms with Crippen LogP contribution in [0, 0.1) is 0 Å². The van der Waals surface area contributed by atoms with E-state index < -0.39 is 28.9 Å². The number of nitrogens with zero attached hydrogens (tertiary/aromatic N) is 2. The number of fused-ring (bicyclic) bond motifs is 5. The van der Waals surface area contributed by atoms with E-state index in [1.54, 1.807) is 24.3 Å². The predicted molar refractivity (Wildman–Crippen MR) is 228 cm³/mol. The summed E-state index contributed by atoms with van der Waals surface area (Å²) in [7, 11) is 0. The maximum absolute atomic E-state index is 14.7. The first kappa shape index (κ1) is 40.6. The number of ether oxygens (including phenoxy) is 2. The molecule has 0 bridgehead atoms. The second-order valence-corrected chi connectivity index (χ2v) is 14.3. The molecule has 1 aliphatic carbocycles. The molecule has 59 heavy (non-hydrogen) atoms. The molecule has 6 aromatic rings. The van der Waals surface area contributed by atoms with Crippen LogP contribution in [-0.4, -0.2) is 61.4 Å². The van der Waals surface area contributed by atoms with Gasteiger partial charge in [0.25, 0.3) is 0 Å². The van der Waals surface area contributed by atoms with Gasteiger partial charge in [0.05, 0.1) is 0 Å². The Balaban J connectivity index is 1.38. The largest absolute Gasteiger partial charge is 0.382 e. The van der Waals surface area contributed by atoms with E-state index in [1.165, 1.54) is 13.8 Å². The van der Waals surface area contributed by atoms with Crippen molar-refractivity contribution in [2.75, 3.05) is 26.4 Å². The number of carbonyl (C=O) groups excluding carboxylic acids is 4. The Hall–Kier alpha value is -6.62. The van der Waals surface area contributed by atoms with Gasteiger partial charge in [-0.05, 0) is 82.6 Å². The summed E-state index contributed by atoms with van der Waals surface area (Å²) in [4.78, 5) is 63.7. The van der Waals surface area contributed by atoms with Crippen LogP contribution in [-0.2, 0) is 34.2 Å². The molecule has 0 radical (unpaired) electrons. The van der Waals surface area contributed by atoms with Crippen LogP contribution in [0.2, 0.25) is 0 Å². The predicted octanol–water partition coefficient (Wildman–Crippen LogP) is 9.41. The summed E-state index contributed by atoms with van der Waals surface area (Å²) < 4.78 is 12.0. The monoisotopic (exact) mass is 788 g/mol. The molecule has 0 aromatic heterocycles. The fourth-order valence-electron chi connectivity index (χ4n) is 8.01. The van der Waals surface area contributed by atoms with Crippen LogP contribution in [0.1, 0.15) is 83.5 Å². The van der Waals surface area contributed by atoms with Gasteiger partial charge in [-0.3, -0.25) is 9.59 Å². The Bertz CT molecular complexity index is 2470. The Morgan fingerprint density at radius 3 is 1.34 bits per heavy atom. The lowest BCUT2D eigenvalue weighted by molar-refractivity contribution is -0.141. The van der Waals surface area contributed by atoms with Crippen LogP contribution in [0.3, 0.4) is 0 Å². The molecule has 0 N–H and O–H groups in total. The number of Topliss-reactive ketones (excluding diaryl/α,β-unsaturated/α-hetero) is 2. The van der Waals surface area contributed by atoms with Crippen LogP contribution in [0.4, 0.5) is 0 Å². The fraction of sp³-hybridized carbons (Fsp3) is 0.224. The molecule has 0 fully saturated rings. The molecule has 0 spiro atoms. The first-order valence-corrected chi connectivity index (χ1v) is 19.7. The summed E-state index contributed by atoms with van der Waals surface area (Å²) in [6.07, 6.45) is 1.03. The fourth-order valence-corrected chi connectivity index (χ4v) is 8.01. The zero-order valence-corrected chi connectivity index (χ0v) is 33.5. The lowest BCUT2D eigenvalue weighted by Crippen LogP contribution is -2.30. The topological polar surface area (TPSA) is 130 Å². The maximum Gasteiger partial charge on any atom is 0.332 e. The smallest absolute Gasteiger partial charge is 0.332 e. The van der Waals surface area contributed by atoms with E-state index in [9.17, 15) is 19.2 Å². The van der Waals surface area contributed by atoms with E-state index in [0.717, 1.165) is 43.8 Å². The average Bonchev–Trinajstić information content (AvgIpc) is 3.51. The highest BCUT2D eigenvalue weighted by molar-refractivity contribution is 6.53. The normalized spacial score (nSPS) is 13.2. The van der Waals surface area contributed by atoms with E-state index in [1.807, 2.05) is 111 Å². The summed E-state index contributed by atoms with van der Waals surface area (Å²) in [6.45, 7) is 8.12. The Kier molecular flexibility index (Phi) is 12.3. The lowest BCUT2D eigenvalue weighted by Gasteiger charge is -2.33. The van der Waals surface area contributed by atoms with E-state index in [2.05, 4.69) is 10.3 Å². The van der Waals surface area contributed by atoms with Crippen molar-refractivity contribution in [2.24, 2.45) is 10.3 Å². The summed E-state index contributed by atoms with van der Waals surface area (Å²) in [5.74, 6) is -2.17. The third kappa shape index (κ3) is 8.23. The maximum atomic E-state index is 14.7. The number of hydrogen-bond acceptors (Lipinski definition) is 10. The molecule has 0 saturated heterocycles. The van der Waals surface area contributed by atoms with Crippen LogP contribution >= 0.6 is 0 Å². The van der Waals surface area contributed by atoms with E-state index in [0.29, 0.717) is 61.5 Å². The van der Waals surface area contributed by atoms with Crippen molar-refractivity contribution >= 4 is 56.5 Å². The van der Waals surface area contributed by atoms with E-state index in [4.69, 9.17) is 19.1 Å². The standard InChI is InChI=1S/C49H44N2O8/c1-5-56-27-25-49(26-28-57-6-2)43-29-35(47(54)45(50-58-31(3)52)41-19-11-15-33-13-7-9-17-37(33)41)21-23-39(43)40-24-22-36(30-44(40)49)48(55)46(51-59-32(4)53)42-20-12-16-34-14-8-10-18-38(34)42/h7-24,29-30H,5-6,25-28H2,1-4H3/b50-45+,51-46+. The highest BCUT2D eigenvalue weighted by atomic mass is 16.7. The Labute approximate surface area is 342 Å². The third-order valence-electron chi connectivity index (χ3n) is 10.7. The number of benzene rings is 6. The van der Waals surface area contributed by atoms with Crippen molar-refractivity contribution in [1.29, 1.82) is 0 Å². The van der Waals surface area contributed by atoms with Gasteiger partial charge >= 0.3 is 11.9 Å². The molecular formula is C49H44N2O8. The highest BCUT2D eigenvalue weighted by Gasteiger charge is 2.44. The van der Waals surface area contributed by atoms with Crippen LogP contribution in [0.5, 0.6) is 0 Å². The van der Waals surface area contributed by atoms with Gasteiger partial charge in [-0.15, -0.1) is 0 Å². The molecule has 0 heterocycles. The van der Waals surface area contributed by atoms with Gasteiger partial charge in [0, 0.05) is 67.9 Å². The quantitative estimate of drug-likeness (QED) is 0.0312. The lowest BCUT2D eigenvalue weighted by atomic mass is 9.72. The van der Waals surface area contributed by atoms with Gasteiger partial charge in [-0.1, -0.05) is 120 Å². The van der Waals surface area contributed by atoms with Gasteiger partial charge in [0.15, 0.2) is 11.4 Å². The molecule has 0 saturated carbocycles. The molecule has 0 aliphatic heterocycles. The van der Waals surface area contributed by atoms with Crippen LogP contribution in [0.15, 0.2) is 132 Å². The molecular weight excluding hydrogens is 745 g/mol. The van der Waals surface area contributed by atoms with E-state index in [-0.39, 0.29) is 11.4 Å². The van der Waals surface area contributed by atoms with Crippen molar-refractivity contribution in [3.8, 4) is 11.1 Å². The van der Waals surface area contributed by atoms with Crippen molar-refractivity contribution in [2.45, 2.75) is 46.0 Å². The third-order valence-corrected chi connectivity index (χ3v) is 10.7. The molecule has 298 valence electrons. The SMILES string of the molecule is CCOCCC1(CCOCC)c2cc(C(=O)/C(=N/OC(C)=O)c3cccc4ccccc34)ccc2-c2ccc(C(=O)/C(=N/OC(C)=O)c3cccc4ccccc34)cc21. The molecule has 10 nitrogen and oxygen atoms in total. The first-order valence-electron chi connectivity index (χ1n) is 19.7. The molecule has 7 rings (SSSR count). The average molecular weight is 789 g/mol.